The molecule has 2 amide bonds. The standard InChI is InChI=1S/C17H16N4O2S.C15H16N2O2.C14H13N3O.C10H12N2O2S.C9H10O3.C7H7BrN2O.C6H5FN2O.C6H3FN2.C6H6FN.C2H3BrO2.CH4.CH3.Br2.BrH.Cl2OS.Mg/c1-23-13-4-2-3-11(7-13)8-16(22)21-17-20-14(10-24-17)12-5-6-19-15(18)9-12;1-11(18)13-7-8-16-15(9-13)17-10-12-3-5-14(19-2)6-4-12;1-18-13-4-2-11(3-5-13)10-17-14-8-12(9-15)6-7-16-14;1-14-8-4-2-3-7(5-8)6-9(13)12-10(11)15;1-12-8-4-2-3-7(5-8)6-9(10)11;8-4-6(11)5-1-2-10-7(9)3-5;7-6-3-5(4-9-10)1-2-8-6;7-6-3-5(4-8)1-2-9-6;1-5-2-3-8-6(7)4-5;1-2(4)5-3;;;1-2;;1-4(2)3;/h2-7,9-10H,8H2,1H3,(H2,18,19)(H,20,21,22);3-9H,10H2,1-2H3,(H,16,17);2-8H,10H2,1H3,(H,16,17);2-5H,6H2,1H3,(H3,11,12,13,15);2-5H,6H2,1H3,(H,10,11);1-3H,4H2,(H2,9,10);1-4,10H;1-3H;2-4H,1H3;1H3;1H4;1H3;;1H;;/q;;;;;;;;;;;-1;;;;+2/p-1/b;;;;;;9-4+;;;;;;;;;. The fourth-order valence-electron chi connectivity index (χ4n) is 9.76. The maximum atomic E-state index is 12.2. The number of ketones is 2. The number of aromatic nitrogens is 8. The zero-order valence-corrected chi connectivity index (χ0v) is 89.4. The molecule has 0 aliphatic heterocycles. The Kier molecular flexibility index (Phi) is 74.1. The molecule has 0 atom stereocenters. The van der Waals surface area contributed by atoms with E-state index in [-0.39, 0.29) is 109 Å². The molecule has 13 aromatic rings. The van der Waals surface area contributed by atoms with Gasteiger partial charge in [0.15, 0.2) is 38.1 Å². The molecule has 0 spiro atoms. The minimum absolute atomic E-state index is 0. The Balaban J connectivity index is -0.00000152. The number of oxime groups is 1. The van der Waals surface area contributed by atoms with E-state index in [1.807, 2.05) is 109 Å². The normalized spacial score (nSPS) is 9.22. The third-order valence-corrected chi connectivity index (χ3v) is 17.8. The van der Waals surface area contributed by atoms with Gasteiger partial charge in [0.1, 0.15) is 52.0 Å². The minimum atomic E-state index is -1.67. The number of carboxylic acid groups (broad SMARTS) is 1. The van der Waals surface area contributed by atoms with Gasteiger partial charge in [-0.25, -0.2) is 44.1 Å². The van der Waals surface area contributed by atoms with Crippen molar-refractivity contribution in [1.29, 1.82) is 10.5 Å². The Morgan fingerprint density at radius 3 is 1.37 bits per heavy atom. The van der Waals surface area contributed by atoms with Crippen molar-refractivity contribution in [2.75, 3.05) is 68.3 Å². The van der Waals surface area contributed by atoms with Crippen molar-refractivity contribution < 1.29 is 101 Å². The number of pyridine rings is 7. The van der Waals surface area contributed by atoms with Gasteiger partial charge in [0.25, 0.3) is 0 Å². The van der Waals surface area contributed by atoms with Crippen LogP contribution in [-0.2, 0) is 64.6 Å². The number of aliphatic carboxylic acids is 1. The monoisotopic (exact) mass is 2360 g/mol. The Morgan fingerprint density at radius 2 is 0.972 bits per heavy atom. The number of carbonyl (C=O) groups is 6. The molecule has 0 radical (unpaired) electrons. The number of nitrogens with two attached hydrogens (primary N) is 3. The van der Waals surface area contributed by atoms with Gasteiger partial charge in [-0.05, 0) is 193 Å². The Morgan fingerprint density at radius 1 is 0.560 bits per heavy atom. The second kappa shape index (κ2) is 79.0. The largest absolute Gasteiger partial charge is 2.00 e. The number of ether oxygens (including phenoxy) is 5. The van der Waals surface area contributed by atoms with Crippen LogP contribution in [0.25, 0.3) is 11.3 Å². The van der Waals surface area contributed by atoms with E-state index in [9.17, 15) is 41.9 Å². The van der Waals surface area contributed by atoms with Crippen LogP contribution in [0.5, 0.6) is 28.7 Å². The summed E-state index contributed by atoms with van der Waals surface area (Å²) in [7, 11) is 15.4. The second-order valence-corrected chi connectivity index (χ2v) is 30.7. The van der Waals surface area contributed by atoms with E-state index in [1.54, 1.807) is 146 Å². The first-order valence-electron chi connectivity index (χ1n) is 38.8. The van der Waals surface area contributed by atoms with Gasteiger partial charge in [0.2, 0.25) is 38.9 Å². The summed E-state index contributed by atoms with van der Waals surface area (Å²) in [5.74, 6) is 2.93. The van der Waals surface area contributed by atoms with E-state index in [4.69, 9.17) is 65.9 Å². The van der Waals surface area contributed by atoms with Crippen LogP contribution in [0.2, 0.25) is 0 Å². The van der Waals surface area contributed by atoms with Gasteiger partial charge in [-0.1, -0.05) is 89.2 Å². The van der Waals surface area contributed by atoms with Crippen LogP contribution >= 0.6 is 105 Å². The molecule has 47 heteroatoms. The molecule has 5 aromatic carbocycles. The molecule has 744 valence electrons. The summed E-state index contributed by atoms with van der Waals surface area (Å²) >= 11 is 17.0. The number of nitrogens with one attached hydrogen (secondary N) is 4. The van der Waals surface area contributed by atoms with Crippen molar-refractivity contribution in [1.82, 2.24) is 45.2 Å². The molecule has 8 aromatic heterocycles. The fraction of sp³-hybridized carbons (Fsp3) is 0.160. The van der Waals surface area contributed by atoms with Crippen molar-refractivity contribution in [2.45, 2.75) is 60.5 Å². The number of nitriles is 2. The zero-order valence-electron chi connectivity index (χ0n) is 76.1. The number of hydrogen-bond acceptors (Lipinski definition) is 31. The summed E-state index contributed by atoms with van der Waals surface area (Å²) in [6.07, 6.45) is 12.1. The Hall–Kier alpha value is -12.8. The van der Waals surface area contributed by atoms with Crippen molar-refractivity contribution in [3.05, 3.63) is 341 Å². The quantitative estimate of drug-likeness (QED) is 0.00274. The van der Waals surface area contributed by atoms with Gasteiger partial charge >= 0.3 is 35.0 Å². The van der Waals surface area contributed by atoms with E-state index in [1.165, 1.54) is 67.3 Å². The van der Waals surface area contributed by atoms with Gasteiger partial charge in [-0.3, -0.25) is 28.8 Å². The molecular weight excluding hydrogens is 2270 g/mol. The van der Waals surface area contributed by atoms with Crippen LogP contribution < -0.4 is 79.1 Å². The number of methoxy groups -OCH3 is 5. The first-order valence-corrected chi connectivity index (χ1v) is 48.3. The first kappa shape index (κ1) is 132. The van der Waals surface area contributed by atoms with E-state index < -0.39 is 33.0 Å². The van der Waals surface area contributed by atoms with E-state index in [0.717, 1.165) is 79.9 Å². The number of carbonyl (C=O) groups excluding carboxylic acids is 5. The van der Waals surface area contributed by atoms with Crippen LogP contribution in [-0.4, -0.2) is 165 Å². The summed E-state index contributed by atoms with van der Waals surface area (Å²) in [6, 6.07) is 63.2. The molecule has 33 nitrogen and oxygen atoms in total. The third-order valence-electron chi connectivity index (χ3n) is 15.9. The number of halogens is 10. The molecule has 0 fully saturated rings. The van der Waals surface area contributed by atoms with E-state index >= 15 is 0 Å². The van der Waals surface area contributed by atoms with Crippen LogP contribution in [0.3, 0.4) is 0 Å². The van der Waals surface area contributed by atoms with Gasteiger partial charge in [-0.15, -0.1) is 11.3 Å². The van der Waals surface area contributed by atoms with Crippen molar-refractivity contribution >= 4 is 213 Å². The number of thiocarbonyl (C=S) groups is 1. The molecular formula is C94H98Br5Cl2F3MgN18O15S3. The molecule has 0 saturated heterocycles. The average molecular weight is 2370 g/mol. The topological polar surface area (TPSA) is 505 Å². The molecule has 0 saturated carbocycles. The number of alkyl halides is 1. The van der Waals surface area contributed by atoms with Crippen LogP contribution in [0.4, 0.5) is 41.6 Å². The van der Waals surface area contributed by atoms with E-state index in [2.05, 4.69) is 170 Å². The SMILES string of the molecule is BrBr.C.CC(=O)OBr.COc1ccc(CNc2cc(C#N)ccn2)cc1.COc1ccc(CNc2cc(C(C)=O)ccn2)cc1.COc1cccc(CC(=O)NC(N)=S)c1.COc1cccc(CC(=O)Nc2nc(-c3ccnc(N)c3)cs2)c1.COc1cccc(CC(=O)O)c1.Cc1ccnc(F)c1.N#Cc1ccnc(F)c1.Nc1cc(C(=O)CBr)ccn1.O/N=C/c1ccnc(F)c1.O=S(Cl)Cl.[Br-].[CH3-].[Mg+2]. The maximum Gasteiger partial charge on any atom is 2.00 e. The average Bonchev–Trinajstić information content (AvgIpc) is 1.73. The number of Topliss-reactive ketones (excluding diaryl/α,β-unsaturated/α-hetero) is 2. The molecule has 12 N–H and O–H groups in total. The third kappa shape index (κ3) is 62.1. The Labute approximate surface area is 894 Å². The number of aryl methyl sites for hydroxylation is 1. The minimum Gasteiger partial charge on any atom is -1.00 e. The summed E-state index contributed by atoms with van der Waals surface area (Å²) in [6.45, 7) is 5.99. The molecule has 0 unspecified atom stereocenters. The van der Waals surface area contributed by atoms with Crippen LogP contribution in [0.1, 0.15) is 92.1 Å². The summed E-state index contributed by atoms with van der Waals surface area (Å²) in [5, 5.41) is 50.5. The number of benzene rings is 5. The molecule has 0 aliphatic carbocycles. The predicted octanol–water partition coefficient (Wildman–Crippen LogP) is 16.6. The fourth-order valence-corrected chi connectivity index (χ4v) is 10.9. The summed E-state index contributed by atoms with van der Waals surface area (Å²) in [4.78, 5) is 96.1. The molecule has 13 rings (SSSR count). The van der Waals surface area contributed by atoms with Crippen LogP contribution in [0, 0.1) is 54.9 Å². The maximum absolute atomic E-state index is 12.2. The van der Waals surface area contributed by atoms with Gasteiger partial charge in [0.05, 0.1) is 95.3 Å². The van der Waals surface area contributed by atoms with Gasteiger partial charge in [-0.2, -0.15) is 23.7 Å². The molecule has 8 heterocycles. The van der Waals surface area contributed by atoms with Gasteiger partial charge < -0.3 is 101 Å². The molecule has 0 aliphatic rings. The number of anilines is 5. The number of amides is 2. The number of nitrogens with zero attached hydrogens (tertiary/aromatic N) is 11. The smallest absolute Gasteiger partial charge is 1.00 e. The number of rotatable bonds is 23. The second-order valence-electron chi connectivity index (χ2n) is 25.9. The molecule has 0 bridgehead atoms. The Bertz CT molecular complexity index is 6050. The number of hydrogen-bond donors (Lipinski definition) is 9. The van der Waals surface area contributed by atoms with Crippen molar-refractivity contribution in [2.24, 2.45) is 10.9 Å². The zero-order chi connectivity index (χ0) is 102. The molecule has 141 heavy (non-hydrogen) atoms. The number of carboxylic acids is 1. The number of thiazole rings is 1. The number of nitrogen functional groups attached to an aromatic ring is 2. The van der Waals surface area contributed by atoms with Gasteiger partial charge in [0, 0.05) is 153 Å². The summed E-state index contributed by atoms with van der Waals surface area (Å²) in [5.41, 5.74) is 26.1. The van der Waals surface area contributed by atoms with E-state index in [0.29, 0.717) is 80.4 Å². The summed E-state index contributed by atoms with van der Waals surface area (Å²) < 4.78 is 74.7. The van der Waals surface area contributed by atoms with Crippen molar-refractivity contribution in [3.8, 4) is 52.1 Å². The first-order chi connectivity index (χ1) is 65.6. The van der Waals surface area contributed by atoms with Crippen LogP contribution in [0.15, 0.2) is 260 Å². The van der Waals surface area contributed by atoms with Crippen molar-refractivity contribution in [3.63, 3.8) is 0 Å². The predicted molar refractivity (Wildman–Crippen MR) is 560 cm³/mol.